The van der Waals surface area contributed by atoms with Crippen molar-refractivity contribution in [1.82, 2.24) is 0 Å². The molecule has 2 nitrogen and oxygen atoms in total. The molecule has 3 heteroatoms. The lowest BCUT2D eigenvalue weighted by Crippen LogP contribution is -2.52. The molecule has 0 aromatic carbocycles. The quantitative estimate of drug-likeness (QED) is 0.195. The lowest BCUT2D eigenvalue weighted by atomic mass is 9.38. The fraction of sp³-hybridized carbons (Fsp3) is 0.944. The van der Waals surface area contributed by atoms with E-state index in [9.17, 15) is 0 Å². The van der Waals surface area contributed by atoms with Gasteiger partial charge in [0.1, 0.15) is 0 Å². The molecule has 1 heterocycles. The Bertz CT molecular complexity index is 843. The average molecular weight is 536 g/mol. The van der Waals surface area contributed by atoms with Crippen molar-refractivity contribution in [3.05, 3.63) is 0 Å². The van der Waals surface area contributed by atoms with Gasteiger partial charge in [-0.25, -0.2) is 0 Å². The summed E-state index contributed by atoms with van der Waals surface area (Å²) in [7, 11) is 2.43. The number of nitrogens with two attached hydrogens (primary N) is 2. The van der Waals surface area contributed by atoms with Gasteiger partial charge in [-0.15, -0.1) is 5.92 Å². The minimum absolute atomic E-state index is 0.154. The van der Waals surface area contributed by atoms with E-state index >= 15 is 0 Å². The SMILES string of the molecule is CCCC1CC(C2CCC(C3CC(C)(CN)C(C4CC(C)(C)C4CCC)[B]C#CC3C)C2CCC)C1CCN. The molecular weight excluding hydrogens is 471 g/mol. The van der Waals surface area contributed by atoms with Crippen molar-refractivity contribution < 1.29 is 0 Å². The minimum atomic E-state index is 0.154. The van der Waals surface area contributed by atoms with Gasteiger partial charge in [-0.3, -0.25) is 0 Å². The molecule has 1 aliphatic heterocycles. The lowest BCUT2D eigenvalue weighted by Gasteiger charge is -2.59. The van der Waals surface area contributed by atoms with Crippen molar-refractivity contribution >= 4 is 7.28 Å². The monoisotopic (exact) mass is 536 g/mol. The Morgan fingerprint density at radius 1 is 0.769 bits per heavy atom. The lowest BCUT2D eigenvalue weighted by molar-refractivity contribution is -0.0487. The predicted octanol–water partition coefficient (Wildman–Crippen LogP) is 8.37. The molecule has 39 heavy (non-hydrogen) atoms. The first-order valence-corrected chi connectivity index (χ1v) is 17.4. The molecule has 0 amide bonds. The van der Waals surface area contributed by atoms with E-state index < -0.39 is 0 Å². The highest BCUT2D eigenvalue weighted by Gasteiger charge is 2.56. The van der Waals surface area contributed by atoms with Crippen LogP contribution in [0.3, 0.4) is 0 Å². The third kappa shape index (κ3) is 6.19. The van der Waals surface area contributed by atoms with E-state index in [4.69, 9.17) is 11.5 Å². The molecule has 0 spiro atoms. The highest BCUT2D eigenvalue weighted by molar-refractivity contribution is 6.48. The molecule has 1 radical (unpaired) electrons. The van der Waals surface area contributed by atoms with E-state index in [-0.39, 0.29) is 5.41 Å². The Morgan fingerprint density at radius 3 is 2.03 bits per heavy atom. The fourth-order valence-corrected chi connectivity index (χ4v) is 11.1. The zero-order valence-corrected chi connectivity index (χ0v) is 27.0. The molecular formula is C36H64BN2. The summed E-state index contributed by atoms with van der Waals surface area (Å²) >= 11 is 0. The standard InChI is InChI=1S/C36H64BN2/c1-8-11-25-20-30(26(25)17-19-38)28-14-15-29(27(28)12-9-2)31-22-36(7,23-39)34(37-18-16-24(31)4)32-21-35(5,6)33(32)13-10-3/h24-34H,8-15,17,19-23,38-39H2,1-7H3. The molecule has 0 aromatic rings. The zero-order chi connectivity index (χ0) is 28.4. The Balaban J connectivity index is 1.57. The predicted molar refractivity (Wildman–Crippen MR) is 170 cm³/mol. The van der Waals surface area contributed by atoms with Gasteiger partial charge in [-0.2, -0.15) is 5.82 Å². The summed E-state index contributed by atoms with van der Waals surface area (Å²) in [6, 6.07) is 0. The third-order valence-corrected chi connectivity index (χ3v) is 13.1. The van der Waals surface area contributed by atoms with Crippen LogP contribution in [0.25, 0.3) is 0 Å². The normalized spacial score (nSPS) is 45.2. The van der Waals surface area contributed by atoms with Gasteiger partial charge >= 0.3 is 0 Å². The summed E-state index contributed by atoms with van der Waals surface area (Å²) in [5.41, 5.74) is 13.6. The van der Waals surface area contributed by atoms with Crippen molar-refractivity contribution in [2.75, 3.05) is 13.1 Å². The number of hydrogen-bond donors (Lipinski definition) is 2. The number of hydrogen-bond acceptors (Lipinski definition) is 2. The van der Waals surface area contributed by atoms with Crippen molar-refractivity contribution in [3.8, 4) is 11.7 Å². The van der Waals surface area contributed by atoms with Gasteiger partial charge < -0.3 is 11.5 Å². The molecule has 12 unspecified atom stereocenters. The maximum Gasteiger partial charge on any atom is 0.220 e. The van der Waals surface area contributed by atoms with Crippen LogP contribution in [0.4, 0.5) is 0 Å². The van der Waals surface area contributed by atoms with Crippen LogP contribution in [0.15, 0.2) is 0 Å². The Kier molecular flexibility index (Phi) is 10.7. The smallest absolute Gasteiger partial charge is 0.220 e. The summed E-state index contributed by atoms with van der Waals surface area (Å²) in [6.45, 7) is 18.8. The van der Waals surface area contributed by atoms with Crippen molar-refractivity contribution in [1.29, 1.82) is 0 Å². The number of rotatable bonds is 12. The Morgan fingerprint density at radius 2 is 1.44 bits per heavy atom. The van der Waals surface area contributed by atoms with Crippen LogP contribution < -0.4 is 11.5 Å². The first-order valence-electron chi connectivity index (χ1n) is 17.4. The zero-order valence-electron chi connectivity index (χ0n) is 27.0. The van der Waals surface area contributed by atoms with E-state index in [1.165, 1.54) is 77.0 Å². The molecule has 3 aliphatic carbocycles. The van der Waals surface area contributed by atoms with Gasteiger partial charge in [-0.1, -0.05) is 80.6 Å². The average Bonchev–Trinajstić information content (AvgIpc) is 3.29. The van der Waals surface area contributed by atoms with Crippen LogP contribution in [0.2, 0.25) is 5.82 Å². The topological polar surface area (TPSA) is 52.0 Å². The Hall–Kier alpha value is -0.455. The molecule has 221 valence electrons. The second-order valence-corrected chi connectivity index (χ2v) is 15.8. The summed E-state index contributed by atoms with van der Waals surface area (Å²) in [5, 5.41) is 0. The van der Waals surface area contributed by atoms with Crippen LogP contribution in [-0.4, -0.2) is 20.4 Å². The van der Waals surface area contributed by atoms with Gasteiger partial charge in [0.2, 0.25) is 7.28 Å². The van der Waals surface area contributed by atoms with E-state index in [1.54, 1.807) is 0 Å². The molecule has 0 aromatic heterocycles. The van der Waals surface area contributed by atoms with Crippen LogP contribution in [0, 0.1) is 81.7 Å². The first-order chi connectivity index (χ1) is 18.6. The molecule has 3 fully saturated rings. The Labute approximate surface area is 244 Å². The summed E-state index contributed by atoms with van der Waals surface area (Å²) in [6.07, 6.45) is 16.3. The largest absolute Gasteiger partial charge is 0.330 e. The van der Waals surface area contributed by atoms with Crippen LogP contribution in [0.1, 0.15) is 126 Å². The van der Waals surface area contributed by atoms with Gasteiger partial charge in [-0.05, 0) is 128 Å². The first kappa shape index (κ1) is 31.5. The molecule has 4 aliphatic rings. The highest BCUT2D eigenvalue weighted by Crippen LogP contribution is 2.63. The summed E-state index contributed by atoms with van der Waals surface area (Å²) in [4.78, 5) is 0. The van der Waals surface area contributed by atoms with Crippen molar-refractivity contribution in [2.24, 2.45) is 81.5 Å². The van der Waals surface area contributed by atoms with Gasteiger partial charge in [0.25, 0.3) is 0 Å². The molecule has 4 rings (SSSR count). The second kappa shape index (κ2) is 13.2. The van der Waals surface area contributed by atoms with Gasteiger partial charge in [0, 0.05) is 5.92 Å². The van der Waals surface area contributed by atoms with Crippen LogP contribution in [0.5, 0.6) is 0 Å². The van der Waals surface area contributed by atoms with E-state index in [0.717, 1.165) is 60.4 Å². The highest BCUT2D eigenvalue weighted by atomic mass is 14.7. The van der Waals surface area contributed by atoms with Crippen molar-refractivity contribution in [3.63, 3.8) is 0 Å². The molecule has 12 atom stereocenters. The van der Waals surface area contributed by atoms with Gasteiger partial charge in [0.05, 0.1) is 0 Å². The van der Waals surface area contributed by atoms with E-state index in [2.05, 4.69) is 67.5 Å². The van der Waals surface area contributed by atoms with E-state index in [0.29, 0.717) is 23.1 Å². The maximum atomic E-state index is 6.77. The third-order valence-electron chi connectivity index (χ3n) is 13.1. The van der Waals surface area contributed by atoms with Crippen molar-refractivity contribution in [2.45, 2.75) is 131 Å². The van der Waals surface area contributed by atoms with Crippen LogP contribution in [-0.2, 0) is 0 Å². The van der Waals surface area contributed by atoms with Gasteiger partial charge in [0.15, 0.2) is 0 Å². The molecule has 0 saturated heterocycles. The molecule has 4 N–H and O–H groups in total. The van der Waals surface area contributed by atoms with E-state index in [1.807, 2.05) is 0 Å². The fourth-order valence-electron chi connectivity index (χ4n) is 11.1. The maximum absolute atomic E-state index is 6.77. The minimum Gasteiger partial charge on any atom is -0.330 e. The molecule has 3 saturated carbocycles. The molecule has 0 bridgehead atoms. The second-order valence-electron chi connectivity index (χ2n) is 15.8. The summed E-state index contributed by atoms with van der Waals surface area (Å²) in [5.74, 6) is 16.1. The summed E-state index contributed by atoms with van der Waals surface area (Å²) < 4.78 is 0. The van der Waals surface area contributed by atoms with Crippen LogP contribution >= 0.6 is 0 Å².